The zero-order valence-electron chi connectivity index (χ0n) is 8.51. The second-order valence-electron chi connectivity index (χ2n) is 3.74. The summed E-state index contributed by atoms with van der Waals surface area (Å²) in [4.78, 5) is 4.03. The summed E-state index contributed by atoms with van der Waals surface area (Å²) in [5.74, 6) is 0.186. The summed E-state index contributed by atoms with van der Waals surface area (Å²) >= 11 is 0. The number of hydrogen-bond donors (Lipinski definition) is 3. The molecule has 0 saturated carbocycles. The SMILES string of the molecule is CC(C)C(N)C(O)c1ncccc1N. The van der Waals surface area contributed by atoms with Crippen LogP contribution in [0.3, 0.4) is 0 Å². The van der Waals surface area contributed by atoms with Crippen molar-refractivity contribution in [3.63, 3.8) is 0 Å². The van der Waals surface area contributed by atoms with Crippen LogP contribution >= 0.6 is 0 Å². The molecule has 78 valence electrons. The third kappa shape index (κ3) is 2.21. The van der Waals surface area contributed by atoms with E-state index in [-0.39, 0.29) is 12.0 Å². The van der Waals surface area contributed by atoms with E-state index in [1.165, 1.54) is 0 Å². The van der Waals surface area contributed by atoms with Gasteiger partial charge in [0, 0.05) is 12.2 Å². The van der Waals surface area contributed by atoms with E-state index in [2.05, 4.69) is 4.98 Å². The largest absolute Gasteiger partial charge is 0.397 e. The Kier molecular flexibility index (Phi) is 3.43. The Balaban J connectivity index is 2.89. The molecule has 0 fully saturated rings. The van der Waals surface area contributed by atoms with Crippen LogP contribution in [0.25, 0.3) is 0 Å². The average molecular weight is 195 g/mol. The lowest BCUT2D eigenvalue weighted by Gasteiger charge is -2.22. The minimum Gasteiger partial charge on any atom is -0.397 e. The molecule has 0 aliphatic carbocycles. The van der Waals surface area contributed by atoms with Crippen LogP contribution < -0.4 is 11.5 Å². The molecule has 5 N–H and O–H groups in total. The maximum Gasteiger partial charge on any atom is 0.113 e. The molecule has 1 aromatic heterocycles. The molecule has 0 aliphatic rings. The topological polar surface area (TPSA) is 85.2 Å². The van der Waals surface area contributed by atoms with Crippen molar-refractivity contribution in [2.24, 2.45) is 11.7 Å². The van der Waals surface area contributed by atoms with E-state index >= 15 is 0 Å². The number of nitrogens with two attached hydrogens (primary N) is 2. The van der Waals surface area contributed by atoms with Gasteiger partial charge in [0.05, 0.1) is 11.4 Å². The van der Waals surface area contributed by atoms with E-state index in [4.69, 9.17) is 11.5 Å². The standard InChI is InChI=1S/C10H17N3O/c1-6(2)8(12)10(14)9-7(11)4-3-5-13-9/h3-6,8,10,14H,11-12H2,1-2H3. The molecule has 0 aliphatic heterocycles. The van der Waals surface area contributed by atoms with Crippen molar-refractivity contribution >= 4 is 5.69 Å². The number of pyridine rings is 1. The minimum absolute atomic E-state index is 0.186. The summed E-state index contributed by atoms with van der Waals surface area (Å²) in [6.07, 6.45) is 0.804. The van der Waals surface area contributed by atoms with Crippen LogP contribution in [-0.4, -0.2) is 16.1 Å². The van der Waals surface area contributed by atoms with Crippen LogP contribution in [0.5, 0.6) is 0 Å². The summed E-state index contributed by atoms with van der Waals surface area (Å²) in [5.41, 5.74) is 12.4. The lowest BCUT2D eigenvalue weighted by Crippen LogP contribution is -2.34. The predicted molar refractivity (Wildman–Crippen MR) is 56.4 cm³/mol. The van der Waals surface area contributed by atoms with Crippen LogP contribution in [0.15, 0.2) is 18.3 Å². The highest BCUT2D eigenvalue weighted by Crippen LogP contribution is 2.22. The molecule has 14 heavy (non-hydrogen) atoms. The first-order valence-corrected chi connectivity index (χ1v) is 4.68. The lowest BCUT2D eigenvalue weighted by atomic mass is 9.96. The third-order valence-electron chi connectivity index (χ3n) is 2.29. The molecule has 4 heteroatoms. The minimum atomic E-state index is -0.795. The Morgan fingerprint density at radius 3 is 2.57 bits per heavy atom. The van der Waals surface area contributed by atoms with Crippen LogP contribution in [0.1, 0.15) is 25.6 Å². The number of anilines is 1. The van der Waals surface area contributed by atoms with Gasteiger partial charge in [-0.05, 0) is 18.1 Å². The fourth-order valence-electron chi connectivity index (χ4n) is 1.22. The highest BCUT2D eigenvalue weighted by molar-refractivity contribution is 5.43. The summed E-state index contributed by atoms with van der Waals surface area (Å²) in [6.45, 7) is 3.90. The maximum atomic E-state index is 9.87. The Hall–Kier alpha value is -1.13. The fourth-order valence-corrected chi connectivity index (χ4v) is 1.22. The smallest absolute Gasteiger partial charge is 0.113 e. The number of aliphatic hydroxyl groups excluding tert-OH is 1. The number of aromatic nitrogens is 1. The maximum absolute atomic E-state index is 9.87. The van der Waals surface area contributed by atoms with Gasteiger partial charge >= 0.3 is 0 Å². The molecule has 0 amide bonds. The summed E-state index contributed by atoms with van der Waals surface area (Å²) < 4.78 is 0. The van der Waals surface area contributed by atoms with Gasteiger partial charge in [0.25, 0.3) is 0 Å². The van der Waals surface area contributed by atoms with Gasteiger partial charge in [-0.15, -0.1) is 0 Å². The number of rotatable bonds is 3. The third-order valence-corrected chi connectivity index (χ3v) is 2.29. The molecule has 4 nitrogen and oxygen atoms in total. The summed E-state index contributed by atoms with van der Waals surface area (Å²) in [5, 5.41) is 9.87. The number of nitrogens with zero attached hydrogens (tertiary/aromatic N) is 1. The van der Waals surface area contributed by atoms with Crippen molar-refractivity contribution in [2.75, 3.05) is 5.73 Å². The van der Waals surface area contributed by atoms with Crippen LogP contribution in [-0.2, 0) is 0 Å². The first kappa shape index (κ1) is 10.9. The van der Waals surface area contributed by atoms with Gasteiger partial charge in [0.2, 0.25) is 0 Å². The quantitative estimate of drug-likeness (QED) is 0.662. The van der Waals surface area contributed by atoms with E-state index < -0.39 is 6.10 Å². The Labute approximate surface area is 83.9 Å². The summed E-state index contributed by atoms with van der Waals surface area (Å²) in [6, 6.07) is 3.10. The van der Waals surface area contributed by atoms with Crippen molar-refractivity contribution in [3.05, 3.63) is 24.0 Å². The normalized spacial score (nSPS) is 15.5. The van der Waals surface area contributed by atoms with Gasteiger partial charge in [0.15, 0.2) is 0 Å². The highest BCUT2D eigenvalue weighted by Gasteiger charge is 2.22. The number of nitrogen functional groups attached to an aromatic ring is 1. The first-order chi connectivity index (χ1) is 6.54. The van der Waals surface area contributed by atoms with Crippen molar-refractivity contribution in [1.29, 1.82) is 0 Å². The monoisotopic (exact) mass is 195 g/mol. The fraction of sp³-hybridized carbons (Fsp3) is 0.500. The van der Waals surface area contributed by atoms with E-state index in [0.717, 1.165) is 0 Å². The average Bonchev–Trinajstić information content (AvgIpc) is 2.16. The zero-order valence-corrected chi connectivity index (χ0v) is 8.51. The van der Waals surface area contributed by atoms with Crippen molar-refractivity contribution in [2.45, 2.75) is 26.0 Å². The molecule has 0 radical (unpaired) electrons. The highest BCUT2D eigenvalue weighted by atomic mass is 16.3. The van der Waals surface area contributed by atoms with E-state index in [0.29, 0.717) is 11.4 Å². The van der Waals surface area contributed by atoms with Crippen LogP contribution in [0.4, 0.5) is 5.69 Å². The summed E-state index contributed by atoms with van der Waals surface area (Å²) in [7, 11) is 0. The van der Waals surface area contributed by atoms with E-state index in [1.54, 1.807) is 18.3 Å². The first-order valence-electron chi connectivity index (χ1n) is 4.68. The van der Waals surface area contributed by atoms with Crippen LogP contribution in [0, 0.1) is 5.92 Å². The molecule has 0 spiro atoms. The van der Waals surface area contributed by atoms with Gasteiger partial charge in [-0.25, -0.2) is 0 Å². The molecule has 2 unspecified atom stereocenters. The van der Waals surface area contributed by atoms with Gasteiger partial charge < -0.3 is 16.6 Å². The number of aliphatic hydroxyl groups is 1. The molecule has 0 bridgehead atoms. The van der Waals surface area contributed by atoms with E-state index in [9.17, 15) is 5.11 Å². The van der Waals surface area contributed by atoms with Gasteiger partial charge in [0.1, 0.15) is 6.10 Å². The van der Waals surface area contributed by atoms with Crippen molar-refractivity contribution < 1.29 is 5.11 Å². The lowest BCUT2D eigenvalue weighted by molar-refractivity contribution is 0.122. The number of hydrogen-bond acceptors (Lipinski definition) is 4. The van der Waals surface area contributed by atoms with Gasteiger partial charge in [-0.2, -0.15) is 0 Å². The van der Waals surface area contributed by atoms with Crippen molar-refractivity contribution in [3.8, 4) is 0 Å². The Morgan fingerprint density at radius 1 is 1.43 bits per heavy atom. The van der Waals surface area contributed by atoms with E-state index in [1.807, 2.05) is 13.8 Å². The molecule has 1 aromatic rings. The molecule has 1 rings (SSSR count). The van der Waals surface area contributed by atoms with Crippen molar-refractivity contribution in [1.82, 2.24) is 4.98 Å². The second kappa shape index (κ2) is 4.39. The Morgan fingerprint density at radius 2 is 2.07 bits per heavy atom. The molecule has 2 atom stereocenters. The Bertz CT molecular complexity index is 301. The molecular weight excluding hydrogens is 178 g/mol. The zero-order chi connectivity index (χ0) is 10.7. The molecule has 1 heterocycles. The van der Waals surface area contributed by atoms with Gasteiger partial charge in [-0.1, -0.05) is 13.8 Å². The van der Waals surface area contributed by atoms with Crippen LogP contribution in [0.2, 0.25) is 0 Å². The predicted octanol–water partition coefficient (Wildman–Crippen LogP) is 0.680. The molecule has 0 aromatic carbocycles. The second-order valence-corrected chi connectivity index (χ2v) is 3.74. The molecular formula is C10H17N3O. The van der Waals surface area contributed by atoms with Gasteiger partial charge in [-0.3, -0.25) is 4.98 Å². The molecule has 0 saturated heterocycles.